The second kappa shape index (κ2) is 8.04. The fourth-order valence-corrected chi connectivity index (χ4v) is 2.25. The van der Waals surface area contributed by atoms with Gasteiger partial charge in [0.25, 0.3) is 5.91 Å². The third kappa shape index (κ3) is 4.51. The molecule has 2 rings (SSSR count). The summed E-state index contributed by atoms with van der Waals surface area (Å²) in [5.74, 6) is -0.545. The van der Waals surface area contributed by atoms with Crippen molar-refractivity contribution in [3.05, 3.63) is 70.9 Å². The van der Waals surface area contributed by atoms with Gasteiger partial charge in [-0.2, -0.15) is 5.26 Å². The van der Waals surface area contributed by atoms with Gasteiger partial charge in [0, 0.05) is 17.9 Å². The molecule has 0 aliphatic rings. The zero-order valence-corrected chi connectivity index (χ0v) is 13.8. The highest BCUT2D eigenvalue weighted by Gasteiger charge is 2.12. The molecule has 1 unspecified atom stereocenters. The van der Waals surface area contributed by atoms with Gasteiger partial charge < -0.3 is 16.4 Å². The maximum atomic E-state index is 12.2. The molecule has 122 valence electrons. The van der Waals surface area contributed by atoms with E-state index in [1.807, 2.05) is 43.3 Å². The largest absolute Gasteiger partial charge is 0.399 e. The van der Waals surface area contributed by atoms with Crippen molar-refractivity contribution < 1.29 is 4.79 Å². The predicted molar refractivity (Wildman–Crippen MR) is 96.2 cm³/mol. The van der Waals surface area contributed by atoms with Crippen molar-refractivity contribution in [2.75, 3.05) is 11.1 Å². The molecular weight excluding hydrogens is 324 g/mol. The number of carbonyl (C=O) groups excluding carboxylic acids is 1. The Morgan fingerprint density at radius 3 is 2.62 bits per heavy atom. The number of hydrogen-bond acceptors (Lipinski definition) is 4. The van der Waals surface area contributed by atoms with Gasteiger partial charge in [-0.15, -0.1) is 0 Å². The van der Waals surface area contributed by atoms with E-state index in [1.54, 1.807) is 12.1 Å². The van der Waals surface area contributed by atoms with Crippen LogP contribution in [0.15, 0.2) is 60.3 Å². The smallest absolute Gasteiger partial charge is 0.267 e. The van der Waals surface area contributed by atoms with Gasteiger partial charge in [0.05, 0.1) is 10.7 Å². The fraction of sp³-hybridized carbons (Fsp3) is 0.111. The van der Waals surface area contributed by atoms with E-state index in [2.05, 4.69) is 10.6 Å². The van der Waals surface area contributed by atoms with E-state index >= 15 is 0 Å². The Morgan fingerprint density at radius 1 is 1.29 bits per heavy atom. The Balaban J connectivity index is 2.07. The molecule has 0 aliphatic carbocycles. The van der Waals surface area contributed by atoms with Crippen LogP contribution in [0.25, 0.3) is 0 Å². The Morgan fingerprint density at radius 2 is 2.00 bits per heavy atom. The maximum absolute atomic E-state index is 12.2. The summed E-state index contributed by atoms with van der Waals surface area (Å²) in [5, 5.41) is 15.1. The molecule has 0 bridgehead atoms. The van der Waals surface area contributed by atoms with Crippen LogP contribution in [-0.4, -0.2) is 5.91 Å². The zero-order chi connectivity index (χ0) is 17.5. The fourth-order valence-electron chi connectivity index (χ4n) is 2.02. The van der Waals surface area contributed by atoms with Crippen LogP contribution >= 0.6 is 11.6 Å². The maximum Gasteiger partial charge on any atom is 0.267 e. The molecule has 0 radical (unpaired) electrons. The number of anilines is 2. The second-order valence-electron chi connectivity index (χ2n) is 5.16. The third-order valence-corrected chi connectivity index (χ3v) is 3.70. The van der Waals surface area contributed by atoms with Crippen molar-refractivity contribution in [1.29, 1.82) is 5.26 Å². The molecule has 0 saturated carbocycles. The van der Waals surface area contributed by atoms with Crippen molar-refractivity contribution in [1.82, 2.24) is 5.32 Å². The van der Waals surface area contributed by atoms with Crippen LogP contribution in [0.5, 0.6) is 0 Å². The van der Waals surface area contributed by atoms with E-state index in [9.17, 15) is 10.1 Å². The number of nitrogens with one attached hydrogen (secondary N) is 2. The van der Waals surface area contributed by atoms with Gasteiger partial charge in [-0.05, 0) is 30.7 Å². The van der Waals surface area contributed by atoms with Gasteiger partial charge in [0.1, 0.15) is 11.6 Å². The Kier molecular flexibility index (Phi) is 5.83. The minimum atomic E-state index is -0.545. The van der Waals surface area contributed by atoms with Crippen LogP contribution < -0.4 is 16.4 Å². The first-order valence-electron chi connectivity index (χ1n) is 7.29. The van der Waals surface area contributed by atoms with Crippen molar-refractivity contribution in [2.45, 2.75) is 13.0 Å². The van der Waals surface area contributed by atoms with Crippen LogP contribution in [-0.2, 0) is 4.79 Å². The molecule has 0 fully saturated rings. The van der Waals surface area contributed by atoms with E-state index in [0.29, 0.717) is 16.4 Å². The summed E-state index contributed by atoms with van der Waals surface area (Å²) in [4.78, 5) is 12.2. The van der Waals surface area contributed by atoms with Crippen molar-refractivity contribution in [3.8, 4) is 6.07 Å². The lowest BCUT2D eigenvalue weighted by Gasteiger charge is -2.13. The minimum absolute atomic E-state index is 0.0394. The van der Waals surface area contributed by atoms with Crippen molar-refractivity contribution in [2.24, 2.45) is 0 Å². The van der Waals surface area contributed by atoms with Crippen LogP contribution in [0, 0.1) is 11.3 Å². The molecular formula is C18H17ClN4O. The number of rotatable bonds is 5. The minimum Gasteiger partial charge on any atom is -0.399 e. The van der Waals surface area contributed by atoms with Gasteiger partial charge in [0.15, 0.2) is 0 Å². The number of nitrogen functional groups attached to an aromatic ring is 1. The molecule has 2 aromatic carbocycles. The molecule has 0 heterocycles. The summed E-state index contributed by atoms with van der Waals surface area (Å²) in [7, 11) is 0. The average Bonchev–Trinajstić information content (AvgIpc) is 2.58. The highest BCUT2D eigenvalue weighted by Crippen LogP contribution is 2.24. The summed E-state index contributed by atoms with van der Waals surface area (Å²) in [5.41, 5.74) is 7.50. The zero-order valence-electron chi connectivity index (χ0n) is 13.1. The van der Waals surface area contributed by atoms with Gasteiger partial charge in [-0.25, -0.2) is 0 Å². The molecule has 1 amide bonds. The first kappa shape index (κ1) is 17.4. The van der Waals surface area contributed by atoms with Gasteiger partial charge >= 0.3 is 0 Å². The van der Waals surface area contributed by atoms with Gasteiger partial charge in [0.2, 0.25) is 0 Å². The number of nitriles is 1. The van der Waals surface area contributed by atoms with Gasteiger partial charge in [-0.1, -0.05) is 41.9 Å². The van der Waals surface area contributed by atoms with Crippen molar-refractivity contribution in [3.63, 3.8) is 0 Å². The Hall–Kier alpha value is -2.97. The van der Waals surface area contributed by atoms with Gasteiger partial charge in [-0.3, -0.25) is 4.79 Å². The quantitative estimate of drug-likeness (QED) is 0.440. The third-order valence-electron chi connectivity index (χ3n) is 3.38. The number of carbonyl (C=O) groups is 1. The first-order valence-corrected chi connectivity index (χ1v) is 7.66. The van der Waals surface area contributed by atoms with Crippen LogP contribution in [0.4, 0.5) is 11.4 Å². The highest BCUT2D eigenvalue weighted by molar-refractivity contribution is 6.34. The Bertz CT molecular complexity index is 796. The number of nitrogens with zero attached hydrogens (tertiary/aromatic N) is 1. The van der Waals surface area contributed by atoms with E-state index < -0.39 is 5.91 Å². The number of benzene rings is 2. The second-order valence-corrected chi connectivity index (χ2v) is 5.57. The van der Waals surface area contributed by atoms with Crippen LogP contribution in [0.3, 0.4) is 0 Å². The lowest BCUT2D eigenvalue weighted by Crippen LogP contribution is -2.18. The number of hydrogen-bond donors (Lipinski definition) is 3. The van der Waals surface area contributed by atoms with Crippen LogP contribution in [0.2, 0.25) is 5.02 Å². The van der Waals surface area contributed by atoms with E-state index in [4.69, 9.17) is 17.3 Å². The first-order chi connectivity index (χ1) is 11.5. The monoisotopic (exact) mass is 340 g/mol. The predicted octanol–water partition coefficient (Wildman–Crippen LogP) is 3.62. The summed E-state index contributed by atoms with van der Waals surface area (Å²) in [6.07, 6.45) is 1.40. The molecule has 4 N–H and O–H groups in total. The van der Waals surface area contributed by atoms with Crippen LogP contribution in [0.1, 0.15) is 18.5 Å². The SMILES string of the molecule is CC(N/C=C(/C#N)C(=O)Nc1ccc(N)cc1Cl)c1ccccc1. The highest BCUT2D eigenvalue weighted by atomic mass is 35.5. The normalized spacial score (nSPS) is 12.1. The standard InChI is InChI=1S/C18H17ClN4O/c1-12(13-5-3-2-4-6-13)22-11-14(10-20)18(24)23-17-8-7-15(21)9-16(17)19/h2-9,11-12,22H,21H2,1H3,(H,23,24)/b14-11-. The summed E-state index contributed by atoms with van der Waals surface area (Å²) in [6, 6.07) is 16.3. The summed E-state index contributed by atoms with van der Waals surface area (Å²) in [6.45, 7) is 1.94. The van der Waals surface area contributed by atoms with E-state index in [1.165, 1.54) is 12.3 Å². The number of nitrogens with two attached hydrogens (primary N) is 1. The van der Waals surface area contributed by atoms with E-state index in [0.717, 1.165) is 5.56 Å². The molecule has 24 heavy (non-hydrogen) atoms. The number of halogens is 1. The molecule has 2 aromatic rings. The topological polar surface area (TPSA) is 90.9 Å². The number of amides is 1. The average molecular weight is 341 g/mol. The lowest BCUT2D eigenvalue weighted by atomic mass is 10.1. The Labute approximate surface area is 145 Å². The molecule has 0 saturated heterocycles. The van der Waals surface area contributed by atoms with Crippen molar-refractivity contribution >= 4 is 28.9 Å². The van der Waals surface area contributed by atoms with E-state index in [-0.39, 0.29) is 11.6 Å². The molecule has 5 nitrogen and oxygen atoms in total. The lowest BCUT2D eigenvalue weighted by molar-refractivity contribution is -0.112. The molecule has 0 aromatic heterocycles. The molecule has 1 atom stereocenters. The molecule has 6 heteroatoms. The summed E-state index contributed by atoms with van der Waals surface area (Å²) < 4.78 is 0. The molecule has 0 spiro atoms. The molecule has 0 aliphatic heterocycles. The summed E-state index contributed by atoms with van der Waals surface area (Å²) >= 11 is 6.02.